The van der Waals surface area contributed by atoms with Gasteiger partial charge in [-0.2, -0.15) is 16.8 Å². The predicted octanol–water partition coefficient (Wildman–Crippen LogP) is 9.52. The average Bonchev–Trinajstić information content (AvgIpc) is 3.19. The van der Waals surface area contributed by atoms with Gasteiger partial charge in [0, 0.05) is 39.9 Å². The number of benzene rings is 5. The maximum atomic E-state index is 14.7. The minimum Gasteiger partial charge on any atom is -0.455 e. The van der Waals surface area contributed by atoms with Gasteiger partial charge in [-0.3, -0.25) is 23.5 Å². The molecule has 0 spiro atoms. The zero-order valence-electron chi connectivity index (χ0n) is 32.6. The maximum Gasteiger partial charge on any atom is 0.294 e. The molecule has 0 radical (unpaired) electrons. The van der Waals surface area contributed by atoms with Crippen molar-refractivity contribution in [2.45, 2.75) is 75.5 Å². The molecule has 4 N–H and O–H groups in total. The molecule has 0 fully saturated rings. The molecule has 304 valence electrons. The number of H-pyrrole nitrogens is 1. The number of carbonyl (C=O) groups excluding carboxylic acids is 2. The van der Waals surface area contributed by atoms with Gasteiger partial charge < -0.3 is 15.0 Å². The summed E-state index contributed by atoms with van der Waals surface area (Å²) in [6.45, 7) is 5.31. The van der Waals surface area contributed by atoms with Crippen molar-refractivity contribution in [1.29, 1.82) is 0 Å². The number of hydrogen-bond acceptors (Lipinski definition) is 9. The first-order chi connectivity index (χ1) is 28.1. The molecule has 0 bridgehead atoms. The van der Waals surface area contributed by atoms with E-state index in [0.717, 1.165) is 32.1 Å². The van der Waals surface area contributed by atoms with Crippen LogP contribution in [0.25, 0.3) is 22.0 Å². The van der Waals surface area contributed by atoms with Crippen LogP contribution in [-0.4, -0.2) is 42.5 Å². The lowest BCUT2D eigenvalue weighted by Gasteiger charge is -2.26. The maximum absolute atomic E-state index is 14.7. The molecule has 0 atom stereocenters. The van der Waals surface area contributed by atoms with Gasteiger partial charge in [0.1, 0.15) is 10.6 Å². The minimum atomic E-state index is -4.72. The van der Waals surface area contributed by atoms with E-state index in [1.54, 1.807) is 67.6 Å². The van der Waals surface area contributed by atoms with Crippen molar-refractivity contribution in [2.24, 2.45) is 0 Å². The molecule has 6 aromatic rings. The molecule has 0 saturated carbocycles. The van der Waals surface area contributed by atoms with Gasteiger partial charge in [-0.05, 0) is 61.1 Å². The van der Waals surface area contributed by atoms with Crippen LogP contribution in [0.2, 0.25) is 0 Å². The topological polar surface area (TPSA) is 197 Å². The second-order valence-electron chi connectivity index (χ2n) is 14.7. The van der Waals surface area contributed by atoms with Crippen LogP contribution in [0.5, 0.6) is 11.5 Å². The first kappa shape index (κ1) is 41.2. The minimum absolute atomic E-state index is 0.0164. The smallest absolute Gasteiger partial charge is 0.294 e. The van der Waals surface area contributed by atoms with Crippen LogP contribution in [0.15, 0.2) is 106 Å². The lowest BCUT2D eigenvalue weighted by atomic mass is 9.80. The third kappa shape index (κ3) is 8.08. The van der Waals surface area contributed by atoms with E-state index < -0.39 is 37.4 Å². The summed E-state index contributed by atoms with van der Waals surface area (Å²) in [7, 11) is -9.38. The van der Waals surface area contributed by atoms with Gasteiger partial charge in [0.25, 0.3) is 25.8 Å². The van der Waals surface area contributed by atoms with Crippen LogP contribution in [0, 0.1) is 13.8 Å². The van der Waals surface area contributed by atoms with Crippen molar-refractivity contribution in [1.82, 2.24) is 4.98 Å². The molecule has 12 nitrogen and oxygen atoms in total. The number of carbonyl (C=O) groups is 2. The van der Waals surface area contributed by atoms with Crippen LogP contribution in [-0.2, 0) is 26.7 Å². The average molecular weight is 835 g/mol. The molecule has 0 saturated heterocycles. The van der Waals surface area contributed by atoms with Crippen LogP contribution in [0.1, 0.15) is 94.0 Å². The molecule has 7 rings (SSSR count). The Morgan fingerprint density at radius 1 is 0.746 bits per heavy atom. The summed E-state index contributed by atoms with van der Waals surface area (Å²) < 4.78 is 77.0. The number of unbranched alkanes of at least 4 members (excludes halogenated alkanes) is 5. The quantitative estimate of drug-likeness (QED) is 0.0436. The van der Waals surface area contributed by atoms with E-state index >= 15 is 0 Å². The van der Waals surface area contributed by atoms with Crippen molar-refractivity contribution in [3.05, 3.63) is 140 Å². The van der Waals surface area contributed by atoms with Crippen LogP contribution < -0.4 is 15.6 Å². The van der Waals surface area contributed by atoms with E-state index in [9.17, 15) is 40.3 Å². The van der Waals surface area contributed by atoms with Crippen molar-refractivity contribution in [2.75, 3.05) is 5.32 Å². The number of nitrogens with one attached hydrogen (secondary N) is 2. The Kier molecular flexibility index (Phi) is 11.4. The Labute approximate surface area is 341 Å². The SMILES string of the molecule is CCCCCCCCc1ccc(Oc2cc(Nc3c(C)ccc(S(=O)(=O)O)c3C)c3c4c(c(C(=O)c5ccccc5)c(=O)[nH]c24)-c2ccccc2C3=O)cc1S(=O)(=O)O. The van der Waals surface area contributed by atoms with E-state index in [1.165, 1.54) is 37.3 Å². The van der Waals surface area contributed by atoms with E-state index in [-0.39, 0.29) is 76.9 Å². The zero-order chi connectivity index (χ0) is 42.2. The van der Waals surface area contributed by atoms with Gasteiger partial charge in [0.2, 0.25) is 0 Å². The van der Waals surface area contributed by atoms with Gasteiger partial charge in [-0.1, -0.05) is 106 Å². The van der Waals surface area contributed by atoms with Crippen LogP contribution in [0.4, 0.5) is 11.4 Å². The van der Waals surface area contributed by atoms with E-state index in [4.69, 9.17) is 4.74 Å². The molecule has 14 heteroatoms. The number of fused-ring (bicyclic) bond motifs is 2. The molecule has 0 amide bonds. The summed E-state index contributed by atoms with van der Waals surface area (Å²) in [5, 5.41) is 3.35. The van der Waals surface area contributed by atoms with Crippen molar-refractivity contribution < 1.29 is 40.3 Å². The molecule has 59 heavy (non-hydrogen) atoms. The molecule has 1 aromatic heterocycles. The Bertz CT molecular complexity index is 2960. The molecule has 1 aliphatic carbocycles. The highest BCUT2D eigenvalue weighted by molar-refractivity contribution is 7.86. The third-order valence-electron chi connectivity index (χ3n) is 10.7. The molecule has 0 unspecified atom stereocenters. The van der Waals surface area contributed by atoms with Gasteiger partial charge in [0.15, 0.2) is 17.3 Å². The van der Waals surface area contributed by atoms with Crippen LogP contribution >= 0.6 is 0 Å². The van der Waals surface area contributed by atoms with Crippen molar-refractivity contribution >= 4 is 54.1 Å². The summed E-state index contributed by atoms with van der Waals surface area (Å²) in [5.41, 5.74) is 1.36. The Hall–Kier alpha value is -5.93. The normalized spacial score (nSPS) is 12.4. The summed E-state index contributed by atoms with van der Waals surface area (Å²) in [5.74, 6) is -1.18. The first-order valence-corrected chi connectivity index (χ1v) is 22.1. The number of aromatic nitrogens is 1. The number of hydrogen-bond donors (Lipinski definition) is 4. The first-order valence-electron chi connectivity index (χ1n) is 19.2. The van der Waals surface area contributed by atoms with E-state index in [0.29, 0.717) is 29.5 Å². The van der Waals surface area contributed by atoms with E-state index in [2.05, 4.69) is 17.2 Å². The second-order valence-corrected chi connectivity index (χ2v) is 17.4. The molecule has 1 heterocycles. The Morgan fingerprint density at radius 2 is 1.41 bits per heavy atom. The second kappa shape index (κ2) is 16.4. The fourth-order valence-electron chi connectivity index (χ4n) is 7.82. The number of ketones is 2. The summed E-state index contributed by atoms with van der Waals surface area (Å²) in [6.07, 6.45) is 6.27. The highest BCUT2D eigenvalue weighted by Crippen LogP contribution is 2.48. The van der Waals surface area contributed by atoms with Crippen molar-refractivity contribution in [3.63, 3.8) is 0 Å². The van der Waals surface area contributed by atoms with Crippen LogP contribution in [0.3, 0.4) is 0 Å². The molecule has 1 aliphatic rings. The van der Waals surface area contributed by atoms with Gasteiger partial charge >= 0.3 is 0 Å². The lowest BCUT2D eigenvalue weighted by Crippen LogP contribution is -2.24. The monoisotopic (exact) mass is 834 g/mol. The lowest BCUT2D eigenvalue weighted by molar-refractivity contribution is 0.102. The molecular formula is C45H42N2O10S2. The summed E-state index contributed by atoms with van der Waals surface area (Å²) in [4.78, 5) is 45.3. The van der Waals surface area contributed by atoms with Gasteiger partial charge in [-0.15, -0.1) is 0 Å². The Balaban J connectivity index is 1.48. The molecule has 0 aliphatic heterocycles. The zero-order valence-corrected chi connectivity index (χ0v) is 34.2. The number of ether oxygens (including phenoxy) is 1. The standard InChI is InChI=1S/C45H42N2O10S2/c1-4-5-6-7-8-10-15-28-21-22-30(24-36(28)59(54,55)56)57-34-25-33(46-41-26(2)20-23-35(27(41)3)58(51,52)53)38-39-37(31-18-13-14-19-32(31)44(38)49)40(45(50)47-42(34)39)43(48)29-16-11-9-12-17-29/h9,11-14,16-25,46H,4-8,10,15H2,1-3H3,(H,47,50)(H,51,52,53)(H,54,55,56). The molecule has 5 aromatic carbocycles. The fourth-order valence-corrected chi connectivity index (χ4v) is 9.31. The van der Waals surface area contributed by atoms with Gasteiger partial charge in [0.05, 0.1) is 27.2 Å². The third-order valence-corrected chi connectivity index (χ3v) is 12.6. The van der Waals surface area contributed by atoms with Crippen molar-refractivity contribution in [3.8, 4) is 22.6 Å². The summed E-state index contributed by atoms with van der Waals surface area (Å²) in [6, 6.07) is 23.2. The molecular weight excluding hydrogens is 793 g/mol. The number of aryl methyl sites for hydroxylation is 2. The van der Waals surface area contributed by atoms with E-state index in [1.807, 2.05) is 0 Å². The number of rotatable bonds is 15. The number of aromatic amines is 1. The fraction of sp³-hybridized carbons (Fsp3) is 0.222. The summed E-state index contributed by atoms with van der Waals surface area (Å²) >= 11 is 0. The number of anilines is 2. The Morgan fingerprint density at radius 3 is 2.10 bits per heavy atom. The van der Waals surface area contributed by atoms with Gasteiger partial charge in [-0.25, -0.2) is 0 Å². The highest BCUT2D eigenvalue weighted by Gasteiger charge is 2.35. The number of pyridine rings is 1. The highest BCUT2D eigenvalue weighted by atomic mass is 32.2. The predicted molar refractivity (Wildman–Crippen MR) is 226 cm³/mol. The largest absolute Gasteiger partial charge is 0.455 e.